The van der Waals surface area contributed by atoms with Crippen molar-refractivity contribution in [2.45, 2.75) is 13.0 Å². The van der Waals surface area contributed by atoms with Crippen molar-refractivity contribution >= 4 is 23.1 Å². The fourth-order valence-corrected chi connectivity index (χ4v) is 3.19. The normalized spacial score (nSPS) is 11.8. The lowest BCUT2D eigenvalue weighted by Crippen LogP contribution is -2.15. The van der Waals surface area contributed by atoms with Crippen LogP contribution in [0.5, 0.6) is 0 Å². The van der Waals surface area contributed by atoms with Gasteiger partial charge in [-0.25, -0.2) is 13.6 Å². The smallest absolute Gasteiger partial charge is 0.339 e. The summed E-state index contributed by atoms with van der Waals surface area (Å²) in [5, 5.41) is 1.77. The molecule has 26 heavy (non-hydrogen) atoms. The van der Waals surface area contributed by atoms with Crippen LogP contribution in [0.15, 0.2) is 60.0 Å². The molecule has 0 amide bonds. The first kappa shape index (κ1) is 17.9. The number of hydrogen-bond donors (Lipinski definition) is 0. The van der Waals surface area contributed by atoms with Gasteiger partial charge in [0.05, 0.1) is 10.4 Å². The van der Waals surface area contributed by atoms with Crippen molar-refractivity contribution < 1.29 is 23.1 Å². The first-order chi connectivity index (χ1) is 12.5. The van der Waals surface area contributed by atoms with E-state index >= 15 is 0 Å². The highest BCUT2D eigenvalue weighted by Crippen LogP contribution is 2.24. The topological polar surface area (TPSA) is 43.4 Å². The van der Waals surface area contributed by atoms with Gasteiger partial charge in [-0.2, -0.15) is 0 Å². The Morgan fingerprint density at radius 3 is 2.42 bits per heavy atom. The van der Waals surface area contributed by atoms with Gasteiger partial charge in [-0.05, 0) is 42.6 Å². The maximum Gasteiger partial charge on any atom is 0.339 e. The van der Waals surface area contributed by atoms with E-state index in [-0.39, 0.29) is 22.5 Å². The van der Waals surface area contributed by atoms with Crippen LogP contribution >= 0.6 is 11.3 Å². The molecule has 0 radical (unpaired) electrons. The van der Waals surface area contributed by atoms with Gasteiger partial charge in [0.2, 0.25) is 5.78 Å². The number of rotatable bonds is 5. The van der Waals surface area contributed by atoms with Gasteiger partial charge < -0.3 is 4.74 Å². The van der Waals surface area contributed by atoms with E-state index < -0.39 is 23.7 Å². The third-order valence-electron chi connectivity index (χ3n) is 3.82. The molecule has 1 unspecified atom stereocenters. The van der Waals surface area contributed by atoms with Gasteiger partial charge in [-0.1, -0.05) is 24.3 Å². The van der Waals surface area contributed by atoms with Crippen LogP contribution in [0.1, 0.15) is 44.2 Å². The molecule has 0 aliphatic rings. The van der Waals surface area contributed by atoms with Crippen LogP contribution in [-0.2, 0) is 4.74 Å². The molecule has 0 N–H and O–H groups in total. The number of halogens is 2. The Balaban J connectivity index is 1.87. The second-order valence-corrected chi connectivity index (χ2v) is 6.51. The van der Waals surface area contributed by atoms with Crippen molar-refractivity contribution in [2.24, 2.45) is 0 Å². The minimum atomic E-state index is -1.01. The van der Waals surface area contributed by atoms with Crippen LogP contribution in [0.3, 0.4) is 0 Å². The molecule has 2 aromatic carbocycles. The van der Waals surface area contributed by atoms with Gasteiger partial charge in [-0.15, -0.1) is 11.3 Å². The van der Waals surface area contributed by atoms with Crippen LogP contribution in [0.4, 0.5) is 8.78 Å². The van der Waals surface area contributed by atoms with Gasteiger partial charge in [0.1, 0.15) is 17.7 Å². The van der Waals surface area contributed by atoms with Gasteiger partial charge >= 0.3 is 5.97 Å². The molecule has 1 heterocycles. The Labute approximate surface area is 152 Å². The van der Waals surface area contributed by atoms with Crippen LogP contribution in [0, 0.1) is 11.6 Å². The van der Waals surface area contributed by atoms with Crippen LogP contribution in [0.25, 0.3) is 0 Å². The number of carbonyl (C=O) groups excluding carboxylic acids is 2. The number of benzene rings is 2. The fourth-order valence-electron chi connectivity index (χ4n) is 2.51. The van der Waals surface area contributed by atoms with Crippen molar-refractivity contribution in [3.63, 3.8) is 0 Å². The van der Waals surface area contributed by atoms with E-state index in [4.69, 9.17) is 4.74 Å². The zero-order valence-electron chi connectivity index (χ0n) is 13.7. The lowest BCUT2D eigenvalue weighted by atomic mass is 10.0. The molecule has 1 atom stereocenters. The molecule has 132 valence electrons. The first-order valence-electron chi connectivity index (χ1n) is 7.80. The highest BCUT2D eigenvalue weighted by molar-refractivity contribution is 7.12. The monoisotopic (exact) mass is 372 g/mol. The van der Waals surface area contributed by atoms with E-state index in [0.717, 1.165) is 18.2 Å². The first-order valence-corrected chi connectivity index (χ1v) is 8.68. The molecule has 6 heteroatoms. The van der Waals surface area contributed by atoms with E-state index in [1.165, 1.54) is 30.4 Å². The summed E-state index contributed by atoms with van der Waals surface area (Å²) in [7, 11) is 0. The summed E-state index contributed by atoms with van der Waals surface area (Å²) in [6.07, 6.45) is -1.01. The molecule has 0 spiro atoms. The summed E-state index contributed by atoms with van der Waals surface area (Å²) in [4.78, 5) is 25.6. The highest BCUT2D eigenvalue weighted by atomic mass is 32.1. The van der Waals surface area contributed by atoms with E-state index in [0.29, 0.717) is 4.88 Å². The van der Waals surface area contributed by atoms with E-state index in [9.17, 15) is 18.4 Å². The molecular weight excluding hydrogens is 358 g/mol. The van der Waals surface area contributed by atoms with E-state index in [1.54, 1.807) is 29.6 Å². The average molecular weight is 372 g/mol. The predicted molar refractivity (Wildman–Crippen MR) is 94.4 cm³/mol. The zero-order valence-corrected chi connectivity index (χ0v) is 14.6. The number of thiophene rings is 1. The summed E-state index contributed by atoms with van der Waals surface area (Å²) in [6.45, 7) is 1.44. The maximum absolute atomic E-state index is 13.9. The molecule has 0 fully saturated rings. The average Bonchev–Trinajstić information content (AvgIpc) is 3.17. The quantitative estimate of drug-likeness (QED) is 0.458. The molecule has 0 aliphatic carbocycles. The molecule has 0 saturated carbocycles. The number of hydrogen-bond acceptors (Lipinski definition) is 4. The Hall–Kier alpha value is -2.86. The molecule has 1 aromatic heterocycles. The van der Waals surface area contributed by atoms with Crippen molar-refractivity contribution in [1.29, 1.82) is 0 Å². The lowest BCUT2D eigenvalue weighted by molar-refractivity contribution is 0.0328. The molecular formula is C20H14F2O3S. The number of ether oxygens (including phenoxy) is 1. The van der Waals surface area contributed by atoms with Gasteiger partial charge in [0.15, 0.2) is 0 Å². The molecule has 3 rings (SSSR count). The molecule has 0 aliphatic heterocycles. The summed E-state index contributed by atoms with van der Waals surface area (Å²) >= 11 is 1.27. The third-order valence-corrected chi connectivity index (χ3v) is 4.69. The van der Waals surface area contributed by atoms with Gasteiger partial charge in [0.25, 0.3) is 0 Å². The van der Waals surface area contributed by atoms with Gasteiger partial charge in [-0.3, -0.25) is 4.79 Å². The predicted octanol–water partition coefficient (Wildman–Crippen LogP) is 5.18. The van der Waals surface area contributed by atoms with Gasteiger partial charge in [0, 0.05) is 11.1 Å². The van der Waals surface area contributed by atoms with Crippen molar-refractivity contribution in [3.8, 4) is 0 Å². The Morgan fingerprint density at radius 2 is 1.73 bits per heavy atom. The Morgan fingerprint density at radius 1 is 1.00 bits per heavy atom. The second kappa shape index (κ2) is 7.58. The zero-order chi connectivity index (χ0) is 18.7. The molecule has 0 saturated heterocycles. The van der Waals surface area contributed by atoms with E-state index in [2.05, 4.69) is 0 Å². The second-order valence-electron chi connectivity index (χ2n) is 5.57. The SMILES string of the molecule is CC(OC(=O)c1ccccc1C(=O)c1cccs1)c1cc(F)ccc1F. The fraction of sp³-hybridized carbons (Fsp3) is 0.100. The van der Waals surface area contributed by atoms with Crippen LogP contribution in [-0.4, -0.2) is 11.8 Å². The lowest BCUT2D eigenvalue weighted by Gasteiger charge is -2.15. The van der Waals surface area contributed by atoms with Crippen molar-refractivity contribution in [3.05, 3.63) is 93.2 Å². The van der Waals surface area contributed by atoms with Crippen LogP contribution in [0.2, 0.25) is 0 Å². The molecule has 3 aromatic rings. The summed E-state index contributed by atoms with van der Waals surface area (Å²) in [5.41, 5.74) is 0.210. The minimum absolute atomic E-state index is 0.0691. The summed E-state index contributed by atoms with van der Waals surface area (Å²) in [5.74, 6) is -2.37. The maximum atomic E-state index is 13.9. The molecule has 3 nitrogen and oxygen atoms in total. The summed E-state index contributed by atoms with van der Waals surface area (Å²) < 4.78 is 32.5. The Bertz CT molecular complexity index is 951. The Kier molecular flexibility index (Phi) is 5.23. The highest BCUT2D eigenvalue weighted by Gasteiger charge is 2.23. The number of carbonyl (C=O) groups is 2. The standard InChI is InChI=1S/C20H14F2O3S/c1-12(16-11-13(21)8-9-17(16)22)25-20(24)15-6-3-2-5-14(15)19(23)18-7-4-10-26-18/h2-12H,1H3. The third kappa shape index (κ3) is 3.70. The summed E-state index contributed by atoms with van der Waals surface area (Å²) in [6, 6.07) is 12.6. The van der Waals surface area contributed by atoms with Crippen molar-refractivity contribution in [2.75, 3.05) is 0 Å². The van der Waals surface area contributed by atoms with E-state index in [1.807, 2.05) is 0 Å². The molecule has 0 bridgehead atoms. The minimum Gasteiger partial charge on any atom is -0.454 e. The number of ketones is 1. The van der Waals surface area contributed by atoms with Crippen molar-refractivity contribution in [1.82, 2.24) is 0 Å². The van der Waals surface area contributed by atoms with Crippen LogP contribution < -0.4 is 0 Å². The number of esters is 1. The largest absolute Gasteiger partial charge is 0.454 e.